The molecule has 3 rings (SSSR count). The zero-order valence-corrected chi connectivity index (χ0v) is 20.0. The summed E-state index contributed by atoms with van der Waals surface area (Å²) in [6.45, 7) is 9.17. The van der Waals surface area contributed by atoms with Gasteiger partial charge in [-0.3, -0.25) is 9.88 Å². The van der Waals surface area contributed by atoms with E-state index in [-0.39, 0.29) is 5.82 Å². The first-order valence-corrected chi connectivity index (χ1v) is 12.3. The Hall–Kier alpha value is -2.81. The number of unbranched alkanes of at least 4 members (excludes halogenated alkanes) is 5. The Morgan fingerprint density at radius 3 is 2.42 bits per heavy atom. The number of piperazine rings is 1. The Balaban J connectivity index is 1.24. The van der Waals surface area contributed by atoms with Crippen LogP contribution in [0, 0.1) is 0 Å². The fraction of sp³-hybridized carbons (Fsp3) is 0.625. The summed E-state index contributed by atoms with van der Waals surface area (Å²) in [5, 5.41) is 3.29. The molecule has 182 valence electrons. The zero-order valence-electron chi connectivity index (χ0n) is 20.0. The van der Waals surface area contributed by atoms with E-state index in [0.29, 0.717) is 24.1 Å². The first-order chi connectivity index (χ1) is 16.2. The predicted molar refractivity (Wildman–Crippen MR) is 136 cm³/mol. The fourth-order valence-electron chi connectivity index (χ4n) is 3.95. The van der Waals surface area contributed by atoms with E-state index in [1.807, 2.05) is 12.4 Å². The molecule has 5 N–H and O–H groups in total. The minimum absolute atomic E-state index is 0.264. The number of aromatic nitrogens is 3. The number of nitrogens with zero attached hydrogens (tertiary/aromatic N) is 5. The largest absolute Gasteiger partial charge is 0.463 e. The molecule has 0 bridgehead atoms. The van der Waals surface area contributed by atoms with Gasteiger partial charge < -0.3 is 26.4 Å². The number of ether oxygens (including phenoxy) is 1. The molecule has 1 saturated heterocycles. The van der Waals surface area contributed by atoms with Crippen LogP contribution in [0.15, 0.2) is 24.5 Å². The Labute approximate surface area is 197 Å². The molecule has 0 spiro atoms. The first kappa shape index (κ1) is 24.8. The second-order valence-corrected chi connectivity index (χ2v) is 8.58. The zero-order chi connectivity index (χ0) is 23.3. The average molecular weight is 457 g/mol. The predicted octanol–water partition coefficient (Wildman–Crippen LogP) is 3.40. The Morgan fingerprint density at radius 2 is 1.67 bits per heavy atom. The third kappa shape index (κ3) is 8.24. The van der Waals surface area contributed by atoms with Crippen LogP contribution >= 0.6 is 0 Å². The van der Waals surface area contributed by atoms with Gasteiger partial charge in [0, 0.05) is 50.8 Å². The van der Waals surface area contributed by atoms with Crippen molar-refractivity contribution in [2.45, 2.75) is 51.9 Å². The van der Waals surface area contributed by atoms with Gasteiger partial charge in [-0.2, -0.15) is 9.97 Å². The summed E-state index contributed by atoms with van der Waals surface area (Å²) in [6.07, 6.45) is 11.8. The van der Waals surface area contributed by atoms with E-state index in [1.54, 1.807) is 0 Å². The van der Waals surface area contributed by atoms with Crippen molar-refractivity contribution in [3.63, 3.8) is 0 Å². The highest BCUT2D eigenvalue weighted by molar-refractivity contribution is 5.73. The van der Waals surface area contributed by atoms with Gasteiger partial charge in [0.2, 0.25) is 0 Å². The maximum Gasteiger partial charge on any atom is 0.320 e. The number of rotatable bonds is 14. The molecule has 0 radical (unpaired) electrons. The standard InChI is InChI=1S/C24H40N8O/c1-2-3-19-33-24-29-22(26)21(25)23(30-24)28-11-7-5-4-6-8-14-31-15-17-32(18-16-31)20-9-12-27-13-10-20/h9-10,12-13H,2-8,11,14-19,25H2,1H3,(H3,26,28,29,30). The number of pyridine rings is 1. The number of hydrogen-bond donors (Lipinski definition) is 3. The number of nitrogens with one attached hydrogen (secondary N) is 1. The van der Waals surface area contributed by atoms with Crippen LogP contribution in [0.25, 0.3) is 0 Å². The van der Waals surface area contributed by atoms with Crippen molar-refractivity contribution in [3.8, 4) is 6.01 Å². The van der Waals surface area contributed by atoms with Crippen molar-refractivity contribution in [2.24, 2.45) is 0 Å². The van der Waals surface area contributed by atoms with Gasteiger partial charge in [0.05, 0.1) is 6.61 Å². The molecule has 2 aromatic heterocycles. The van der Waals surface area contributed by atoms with E-state index in [9.17, 15) is 0 Å². The molecule has 2 aromatic rings. The maximum absolute atomic E-state index is 6.02. The third-order valence-corrected chi connectivity index (χ3v) is 6.03. The quantitative estimate of drug-likeness (QED) is 0.367. The van der Waals surface area contributed by atoms with Crippen molar-refractivity contribution in [2.75, 3.05) is 67.6 Å². The molecule has 0 atom stereocenters. The van der Waals surface area contributed by atoms with Crippen molar-refractivity contribution in [1.82, 2.24) is 19.9 Å². The maximum atomic E-state index is 6.02. The average Bonchev–Trinajstić information content (AvgIpc) is 2.84. The second-order valence-electron chi connectivity index (χ2n) is 8.58. The minimum atomic E-state index is 0.264. The highest BCUT2D eigenvalue weighted by Gasteiger charge is 2.16. The summed E-state index contributed by atoms with van der Waals surface area (Å²) in [5.74, 6) is 0.834. The van der Waals surface area contributed by atoms with E-state index >= 15 is 0 Å². The number of hydrogen-bond acceptors (Lipinski definition) is 9. The van der Waals surface area contributed by atoms with Crippen molar-refractivity contribution in [1.29, 1.82) is 0 Å². The summed E-state index contributed by atoms with van der Waals surface area (Å²) in [6, 6.07) is 4.48. The summed E-state index contributed by atoms with van der Waals surface area (Å²) in [4.78, 5) is 17.6. The molecule has 0 saturated carbocycles. The van der Waals surface area contributed by atoms with Crippen molar-refractivity contribution in [3.05, 3.63) is 24.5 Å². The first-order valence-electron chi connectivity index (χ1n) is 12.3. The normalized spacial score (nSPS) is 14.4. The molecular formula is C24H40N8O. The Morgan fingerprint density at radius 1 is 0.939 bits per heavy atom. The smallest absolute Gasteiger partial charge is 0.320 e. The van der Waals surface area contributed by atoms with E-state index < -0.39 is 0 Å². The summed E-state index contributed by atoms with van der Waals surface area (Å²) >= 11 is 0. The molecular weight excluding hydrogens is 416 g/mol. The summed E-state index contributed by atoms with van der Waals surface area (Å²) in [5.41, 5.74) is 13.6. The molecule has 9 nitrogen and oxygen atoms in total. The highest BCUT2D eigenvalue weighted by Crippen LogP contribution is 2.24. The van der Waals surface area contributed by atoms with E-state index in [0.717, 1.165) is 52.0 Å². The van der Waals surface area contributed by atoms with E-state index in [1.165, 1.54) is 37.9 Å². The van der Waals surface area contributed by atoms with Gasteiger partial charge in [0.1, 0.15) is 5.69 Å². The van der Waals surface area contributed by atoms with Crippen LogP contribution in [0.1, 0.15) is 51.9 Å². The van der Waals surface area contributed by atoms with Crippen LogP contribution in [0.3, 0.4) is 0 Å². The molecule has 0 unspecified atom stereocenters. The topological polar surface area (TPSA) is 118 Å². The molecule has 0 amide bonds. The lowest BCUT2D eigenvalue weighted by Gasteiger charge is -2.36. The van der Waals surface area contributed by atoms with E-state index in [2.05, 4.69) is 49.1 Å². The molecule has 0 aliphatic carbocycles. The SMILES string of the molecule is CCCCOc1nc(N)c(N)c(NCCCCCCCN2CCN(c3ccncc3)CC2)n1. The van der Waals surface area contributed by atoms with Gasteiger partial charge in [-0.25, -0.2) is 0 Å². The number of nitrogen functional groups attached to an aromatic ring is 2. The molecule has 1 aliphatic heterocycles. The second kappa shape index (κ2) is 13.7. The Kier molecular flexibility index (Phi) is 10.3. The number of anilines is 4. The third-order valence-electron chi connectivity index (χ3n) is 6.03. The number of nitrogens with two attached hydrogens (primary N) is 2. The van der Waals surface area contributed by atoms with Crippen LogP contribution in [-0.4, -0.2) is 65.7 Å². The molecule has 0 aromatic carbocycles. The molecule has 1 fully saturated rings. The lowest BCUT2D eigenvalue weighted by molar-refractivity contribution is 0.252. The monoisotopic (exact) mass is 456 g/mol. The van der Waals surface area contributed by atoms with Gasteiger partial charge in [0.25, 0.3) is 0 Å². The van der Waals surface area contributed by atoms with Crippen molar-refractivity contribution >= 4 is 23.0 Å². The van der Waals surface area contributed by atoms with E-state index in [4.69, 9.17) is 16.2 Å². The summed E-state index contributed by atoms with van der Waals surface area (Å²) < 4.78 is 5.57. The van der Waals surface area contributed by atoms with Crippen molar-refractivity contribution < 1.29 is 4.74 Å². The van der Waals surface area contributed by atoms with Crippen LogP contribution in [-0.2, 0) is 0 Å². The minimum Gasteiger partial charge on any atom is -0.463 e. The molecule has 33 heavy (non-hydrogen) atoms. The summed E-state index contributed by atoms with van der Waals surface area (Å²) in [7, 11) is 0. The van der Waals surface area contributed by atoms with Gasteiger partial charge in [-0.1, -0.05) is 32.6 Å². The van der Waals surface area contributed by atoms with Crippen LogP contribution in [0.5, 0.6) is 6.01 Å². The molecule has 9 heteroatoms. The molecule has 3 heterocycles. The fourth-order valence-corrected chi connectivity index (χ4v) is 3.95. The lowest BCUT2D eigenvalue weighted by Crippen LogP contribution is -2.46. The molecule has 1 aliphatic rings. The van der Waals surface area contributed by atoms with Gasteiger partial charge in [-0.15, -0.1) is 0 Å². The van der Waals surface area contributed by atoms with Gasteiger partial charge in [-0.05, 0) is 37.9 Å². The Bertz CT molecular complexity index is 812. The highest BCUT2D eigenvalue weighted by atomic mass is 16.5. The van der Waals surface area contributed by atoms with Crippen LogP contribution in [0.2, 0.25) is 0 Å². The van der Waals surface area contributed by atoms with Crippen LogP contribution in [0.4, 0.5) is 23.0 Å². The van der Waals surface area contributed by atoms with Gasteiger partial charge >= 0.3 is 6.01 Å². The van der Waals surface area contributed by atoms with Crippen LogP contribution < -0.4 is 26.4 Å². The lowest BCUT2D eigenvalue weighted by atomic mass is 10.1. The van der Waals surface area contributed by atoms with Gasteiger partial charge in [0.15, 0.2) is 11.6 Å².